The first-order valence-corrected chi connectivity index (χ1v) is 7.93. The zero-order valence-corrected chi connectivity index (χ0v) is 12.5. The third-order valence-corrected chi connectivity index (χ3v) is 4.54. The van der Waals surface area contributed by atoms with Crippen LogP contribution in [0.3, 0.4) is 0 Å². The summed E-state index contributed by atoms with van der Waals surface area (Å²) in [6, 6.07) is 7.88. The van der Waals surface area contributed by atoms with Crippen molar-refractivity contribution in [1.29, 1.82) is 0 Å². The van der Waals surface area contributed by atoms with Gasteiger partial charge in [0.1, 0.15) is 5.69 Å². The molecule has 0 aliphatic rings. The van der Waals surface area contributed by atoms with Crippen LogP contribution >= 0.6 is 22.7 Å². The second-order valence-electron chi connectivity index (χ2n) is 4.32. The topological polar surface area (TPSA) is 46.9 Å². The fourth-order valence-electron chi connectivity index (χ4n) is 1.88. The first-order chi connectivity index (χ1) is 9.74. The number of rotatable bonds is 4. The van der Waals surface area contributed by atoms with Crippen LogP contribution in [-0.2, 0) is 13.6 Å². The second kappa shape index (κ2) is 5.60. The Labute approximate surface area is 124 Å². The molecule has 4 nitrogen and oxygen atoms in total. The lowest BCUT2D eigenvalue weighted by Gasteiger charge is -2.03. The summed E-state index contributed by atoms with van der Waals surface area (Å²) in [5.41, 5.74) is 2.63. The number of carbonyl (C=O) groups is 1. The third kappa shape index (κ3) is 2.66. The van der Waals surface area contributed by atoms with Crippen molar-refractivity contribution >= 4 is 28.6 Å². The maximum atomic E-state index is 11.9. The standard InChI is InChI=1S/C14H13N3OS2/c1-17-11(7-12(16-17)13-3-2-5-20-13)8-15-14(18)10-4-6-19-9-10/h2-7,9H,8H2,1H3,(H,15,18). The number of hydrogen-bond donors (Lipinski definition) is 1. The van der Waals surface area contributed by atoms with Gasteiger partial charge in [-0.05, 0) is 29.0 Å². The first kappa shape index (κ1) is 13.1. The predicted molar refractivity (Wildman–Crippen MR) is 82.0 cm³/mol. The monoisotopic (exact) mass is 303 g/mol. The van der Waals surface area contributed by atoms with Crippen molar-refractivity contribution in [2.24, 2.45) is 7.05 Å². The second-order valence-corrected chi connectivity index (χ2v) is 6.04. The molecule has 3 aromatic heterocycles. The van der Waals surface area contributed by atoms with Crippen LogP contribution < -0.4 is 5.32 Å². The molecule has 0 unspecified atom stereocenters. The number of carbonyl (C=O) groups excluding carboxylic acids is 1. The summed E-state index contributed by atoms with van der Waals surface area (Å²) in [7, 11) is 1.89. The van der Waals surface area contributed by atoms with Gasteiger partial charge in [-0.2, -0.15) is 16.4 Å². The molecule has 3 rings (SSSR count). The first-order valence-electron chi connectivity index (χ1n) is 6.11. The summed E-state index contributed by atoms with van der Waals surface area (Å²) in [4.78, 5) is 13.0. The van der Waals surface area contributed by atoms with E-state index in [1.54, 1.807) is 11.3 Å². The lowest BCUT2D eigenvalue weighted by molar-refractivity contribution is 0.0950. The van der Waals surface area contributed by atoms with Crippen LogP contribution in [0.1, 0.15) is 16.1 Å². The summed E-state index contributed by atoms with van der Waals surface area (Å²) >= 11 is 3.18. The van der Waals surface area contributed by atoms with E-state index in [1.807, 2.05) is 52.1 Å². The van der Waals surface area contributed by atoms with E-state index in [4.69, 9.17) is 0 Å². The van der Waals surface area contributed by atoms with E-state index in [0.717, 1.165) is 16.3 Å². The van der Waals surface area contributed by atoms with E-state index in [0.29, 0.717) is 12.1 Å². The molecule has 3 heterocycles. The average molecular weight is 303 g/mol. The van der Waals surface area contributed by atoms with Crippen LogP contribution in [0.5, 0.6) is 0 Å². The van der Waals surface area contributed by atoms with E-state index in [-0.39, 0.29) is 5.91 Å². The van der Waals surface area contributed by atoms with Crippen LogP contribution in [0.4, 0.5) is 0 Å². The van der Waals surface area contributed by atoms with Crippen molar-refractivity contribution in [3.63, 3.8) is 0 Å². The Bertz CT molecular complexity index is 699. The van der Waals surface area contributed by atoms with E-state index in [9.17, 15) is 4.79 Å². The molecule has 0 bridgehead atoms. The van der Waals surface area contributed by atoms with Crippen molar-refractivity contribution in [3.05, 3.63) is 51.7 Å². The van der Waals surface area contributed by atoms with Crippen LogP contribution in [-0.4, -0.2) is 15.7 Å². The lowest BCUT2D eigenvalue weighted by Crippen LogP contribution is -2.23. The molecule has 0 saturated heterocycles. The molecule has 20 heavy (non-hydrogen) atoms. The maximum absolute atomic E-state index is 11.9. The van der Waals surface area contributed by atoms with Gasteiger partial charge < -0.3 is 5.32 Å². The summed E-state index contributed by atoms with van der Waals surface area (Å²) in [5, 5.41) is 13.2. The zero-order chi connectivity index (χ0) is 13.9. The molecule has 0 spiro atoms. The van der Waals surface area contributed by atoms with E-state index in [2.05, 4.69) is 10.4 Å². The van der Waals surface area contributed by atoms with Crippen LogP contribution in [0.2, 0.25) is 0 Å². The van der Waals surface area contributed by atoms with Gasteiger partial charge in [-0.15, -0.1) is 11.3 Å². The summed E-state index contributed by atoms with van der Waals surface area (Å²) in [5.74, 6) is -0.0508. The van der Waals surface area contributed by atoms with Gasteiger partial charge in [-0.3, -0.25) is 9.48 Å². The third-order valence-electron chi connectivity index (χ3n) is 2.96. The van der Waals surface area contributed by atoms with Gasteiger partial charge in [-0.1, -0.05) is 6.07 Å². The fraction of sp³-hybridized carbons (Fsp3) is 0.143. The van der Waals surface area contributed by atoms with Gasteiger partial charge in [0, 0.05) is 18.0 Å². The van der Waals surface area contributed by atoms with E-state index >= 15 is 0 Å². The molecule has 0 aliphatic heterocycles. The Morgan fingerprint density at radius 2 is 2.30 bits per heavy atom. The number of aryl methyl sites for hydroxylation is 1. The molecular formula is C14H13N3OS2. The average Bonchev–Trinajstić information content (AvgIpc) is 3.18. The Hall–Kier alpha value is -1.92. The quantitative estimate of drug-likeness (QED) is 0.805. The molecule has 0 saturated carbocycles. The van der Waals surface area contributed by atoms with Crippen molar-refractivity contribution in [3.8, 4) is 10.6 Å². The fourth-order valence-corrected chi connectivity index (χ4v) is 3.20. The smallest absolute Gasteiger partial charge is 0.252 e. The maximum Gasteiger partial charge on any atom is 0.252 e. The molecule has 3 aromatic rings. The van der Waals surface area contributed by atoms with Crippen molar-refractivity contribution < 1.29 is 4.79 Å². The van der Waals surface area contributed by atoms with Crippen LogP contribution in [0.25, 0.3) is 10.6 Å². The highest BCUT2D eigenvalue weighted by atomic mass is 32.1. The number of nitrogens with one attached hydrogen (secondary N) is 1. The Kier molecular flexibility index (Phi) is 3.66. The van der Waals surface area contributed by atoms with Gasteiger partial charge in [0.05, 0.1) is 17.1 Å². The number of amides is 1. The molecular weight excluding hydrogens is 290 g/mol. The van der Waals surface area contributed by atoms with E-state index in [1.165, 1.54) is 11.3 Å². The van der Waals surface area contributed by atoms with E-state index < -0.39 is 0 Å². The van der Waals surface area contributed by atoms with Crippen molar-refractivity contribution in [2.45, 2.75) is 6.54 Å². The highest BCUT2D eigenvalue weighted by Gasteiger charge is 2.10. The van der Waals surface area contributed by atoms with Crippen molar-refractivity contribution in [1.82, 2.24) is 15.1 Å². The van der Waals surface area contributed by atoms with Crippen LogP contribution in [0.15, 0.2) is 40.4 Å². The number of thiophene rings is 2. The highest BCUT2D eigenvalue weighted by Crippen LogP contribution is 2.23. The minimum Gasteiger partial charge on any atom is -0.346 e. The van der Waals surface area contributed by atoms with Gasteiger partial charge in [-0.25, -0.2) is 0 Å². The molecule has 0 fully saturated rings. The molecule has 6 heteroatoms. The normalized spacial score (nSPS) is 10.7. The molecule has 0 radical (unpaired) electrons. The minimum absolute atomic E-state index is 0.0508. The minimum atomic E-state index is -0.0508. The molecule has 1 amide bonds. The summed E-state index contributed by atoms with van der Waals surface area (Å²) in [6.07, 6.45) is 0. The summed E-state index contributed by atoms with van der Waals surface area (Å²) in [6.45, 7) is 0.476. The van der Waals surface area contributed by atoms with Crippen LogP contribution in [0, 0.1) is 0 Å². The Morgan fingerprint density at radius 3 is 3.00 bits per heavy atom. The zero-order valence-electron chi connectivity index (χ0n) is 10.9. The molecule has 0 atom stereocenters. The SMILES string of the molecule is Cn1nc(-c2cccs2)cc1CNC(=O)c1ccsc1. The molecule has 0 aliphatic carbocycles. The van der Waals surface area contributed by atoms with Gasteiger partial charge in [0.2, 0.25) is 0 Å². The van der Waals surface area contributed by atoms with Gasteiger partial charge in [0.15, 0.2) is 0 Å². The number of aromatic nitrogens is 2. The number of hydrogen-bond acceptors (Lipinski definition) is 4. The molecule has 0 aromatic carbocycles. The largest absolute Gasteiger partial charge is 0.346 e. The van der Waals surface area contributed by atoms with Gasteiger partial charge >= 0.3 is 0 Å². The number of nitrogens with zero attached hydrogens (tertiary/aromatic N) is 2. The Balaban J connectivity index is 1.71. The Morgan fingerprint density at radius 1 is 1.40 bits per heavy atom. The lowest BCUT2D eigenvalue weighted by atomic mass is 10.3. The molecule has 1 N–H and O–H groups in total. The highest BCUT2D eigenvalue weighted by molar-refractivity contribution is 7.13. The summed E-state index contributed by atoms with van der Waals surface area (Å²) < 4.78 is 1.81. The van der Waals surface area contributed by atoms with Crippen molar-refractivity contribution in [2.75, 3.05) is 0 Å². The molecule has 102 valence electrons. The van der Waals surface area contributed by atoms with Gasteiger partial charge in [0.25, 0.3) is 5.91 Å². The predicted octanol–water partition coefficient (Wildman–Crippen LogP) is 3.14.